The summed E-state index contributed by atoms with van der Waals surface area (Å²) >= 11 is 0. The van der Waals surface area contributed by atoms with Gasteiger partial charge in [0.25, 0.3) is 5.91 Å². The number of hydrogen-bond acceptors (Lipinski definition) is 4. The number of ether oxygens (including phenoxy) is 2. The number of nitrogens with zero attached hydrogens (tertiary/aromatic N) is 2. The SMILES string of the molecule is O=C(C1CCCO1)N1C[C@@H]2[C@@H](C1)OCC(=O)N2Cc1cccc(F)c1. The lowest BCUT2D eigenvalue weighted by Crippen LogP contribution is -2.53. The van der Waals surface area contributed by atoms with Gasteiger partial charge in [-0.2, -0.15) is 0 Å². The Hall–Kier alpha value is -1.99. The Labute approximate surface area is 145 Å². The number of hydrogen-bond donors (Lipinski definition) is 0. The first-order valence-corrected chi connectivity index (χ1v) is 8.68. The normalized spacial score (nSPS) is 29.2. The molecule has 1 aromatic carbocycles. The van der Waals surface area contributed by atoms with Gasteiger partial charge in [0.05, 0.1) is 12.1 Å². The Kier molecular flexibility index (Phi) is 4.43. The summed E-state index contributed by atoms with van der Waals surface area (Å²) in [5.74, 6) is -0.470. The molecule has 1 unspecified atom stereocenters. The van der Waals surface area contributed by atoms with E-state index in [9.17, 15) is 14.0 Å². The highest BCUT2D eigenvalue weighted by molar-refractivity contribution is 5.82. The van der Waals surface area contributed by atoms with Crippen LogP contribution in [-0.2, 0) is 25.6 Å². The predicted octanol–water partition coefficient (Wildman–Crippen LogP) is 0.943. The lowest BCUT2D eigenvalue weighted by Gasteiger charge is -2.36. The molecule has 0 spiro atoms. The molecule has 3 saturated heterocycles. The number of benzene rings is 1. The maximum atomic E-state index is 13.4. The summed E-state index contributed by atoms with van der Waals surface area (Å²) < 4.78 is 24.6. The largest absolute Gasteiger partial charge is 0.368 e. The molecule has 0 radical (unpaired) electrons. The van der Waals surface area contributed by atoms with Gasteiger partial charge in [0.2, 0.25) is 5.91 Å². The van der Waals surface area contributed by atoms with Crippen molar-refractivity contribution in [3.8, 4) is 0 Å². The molecule has 0 aliphatic carbocycles. The molecule has 7 heteroatoms. The molecular formula is C18H21FN2O4. The third-order valence-corrected chi connectivity index (χ3v) is 5.14. The second-order valence-electron chi connectivity index (χ2n) is 6.81. The second kappa shape index (κ2) is 6.72. The van der Waals surface area contributed by atoms with Crippen molar-refractivity contribution in [2.24, 2.45) is 0 Å². The maximum absolute atomic E-state index is 13.4. The first-order chi connectivity index (χ1) is 12.1. The van der Waals surface area contributed by atoms with E-state index in [1.165, 1.54) is 12.1 Å². The molecule has 1 aromatic rings. The number of carbonyl (C=O) groups is 2. The molecule has 4 rings (SSSR count). The average Bonchev–Trinajstić information content (AvgIpc) is 3.26. The van der Waals surface area contributed by atoms with Crippen LogP contribution in [0.2, 0.25) is 0 Å². The second-order valence-corrected chi connectivity index (χ2v) is 6.81. The van der Waals surface area contributed by atoms with Gasteiger partial charge in [-0.25, -0.2) is 4.39 Å². The Morgan fingerprint density at radius 3 is 2.92 bits per heavy atom. The van der Waals surface area contributed by atoms with Crippen LogP contribution in [0.4, 0.5) is 4.39 Å². The minimum Gasteiger partial charge on any atom is -0.368 e. The predicted molar refractivity (Wildman–Crippen MR) is 86.0 cm³/mol. The highest BCUT2D eigenvalue weighted by Crippen LogP contribution is 2.27. The maximum Gasteiger partial charge on any atom is 0.251 e. The van der Waals surface area contributed by atoms with Gasteiger partial charge in [0.15, 0.2) is 0 Å². The minimum atomic E-state index is -0.368. The molecule has 3 aliphatic rings. The number of fused-ring (bicyclic) bond motifs is 1. The molecule has 3 heterocycles. The van der Waals surface area contributed by atoms with Crippen molar-refractivity contribution in [2.75, 3.05) is 26.3 Å². The number of rotatable bonds is 3. The molecule has 134 valence electrons. The summed E-state index contributed by atoms with van der Waals surface area (Å²) in [5, 5.41) is 0. The monoisotopic (exact) mass is 348 g/mol. The van der Waals surface area contributed by atoms with Crippen molar-refractivity contribution < 1.29 is 23.5 Å². The third kappa shape index (κ3) is 3.26. The van der Waals surface area contributed by atoms with Gasteiger partial charge in [-0.15, -0.1) is 0 Å². The van der Waals surface area contributed by atoms with Crippen molar-refractivity contribution in [2.45, 2.75) is 37.6 Å². The summed E-state index contributed by atoms with van der Waals surface area (Å²) in [6, 6.07) is 6.04. The van der Waals surface area contributed by atoms with E-state index in [0.717, 1.165) is 18.4 Å². The fraction of sp³-hybridized carbons (Fsp3) is 0.556. The molecule has 0 aromatic heterocycles. The summed E-state index contributed by atoms with van der Waals surface area (Å²) in [6.45, 7) is 1.85. The summed E-state index contributed by atoms with van der Waals surface area (Å²) in [6.07, 6.45) is 1.08. The van der Waals surface area contributed by atoms with E-state index in [4.69, 9.17) is 9.47 Å². The van der Waals surface area contributed by atoms with E-state index < -0.39 is 0 Å². The van der Waals surface area contributed by atoms with E-state index >= 15 is 0 Å². The fourth-order valence-electron chi connectivity index (χ4n) is 3.86. The van der Waals surface area contributed by atoms with Crippen LogP contribution in [0.3, 0.4) is 0 Å². The van der Waals surface area contributed by atoms with Gasteiger partial charge in [0.1, 0.15) is 18.5 Å². The molecule has 6 nitrogen and oxygen atoms in total. The van der Waals surface area contributed by atoms with Crippen molar-refractivity contribution in [1.82, 2.24) is 9.80 Å². The minimum absolute atomic E-state index is 0.00155. The number of carbonyl (C=O) groups excluding carboxylic acids is 2. The van der Waals surface area contributed by atoms with Gasteiger partial charge < -0.3 is 19.3 Å². The fourth-order valence-corrected chi connectivity index (χ4v) is 3.86. The van der Waals surface area contributed by atoms with E-state index in [2.05, 4.69) is 0 Å². The zero-order valence-electron chi connectivity index (χ0n) is 13.9. The smallest absolute Gasteiger partial charge is 0.251 e. The molecule has 3 fully saturated rings. The molecule has 3 aliphatic heterocycles. The van der Waals surface area contributed by atoms with Crippen LogP contribution in [0.15, 0.2) is 24.3 Å². The summed E-state index contributed by atoms with van der Waals surface area (Å²) in [4.78, 5) is 28.4. The molecule has 0 bridgehead atoms. The van der Waals surface area contributed by atoms with Crippen molar-refractivity contribution in [1.29, 1.82) is 0 Å². The summed E-state index contributed by atoms with van der Waals surface area (Å²) in [5.41, 5.74) is 0.734. The Morgan fingerprint density at radius 2 is 2.16 bits per heavy atom. The standard InChI is InChI=1S/C18H21FN2O4/c19-13-4-1-3-12(7-13)8-21-14-9-20(10-16(14)25-11-17(21)22)18(23)15-5-2-6-24-15/h1,3-4,7,14-16H,2,5-6,8-11H2/t14-,15?,16-/m1/s1. The van der Waals surface area contributed by atoms with Crippen LogP contribution < -0.4 is 0 Å². The van der Waals surface area contributed by atoms with Crippen LogP contribution in [0, 0.1) is 5.82 Å². The van der Waals surface area contributed by atoms with Gasteiger partial charge >= 0.3 is 0 Å². The molecule has 2 amide bonds. The Morgan fingerprint density at radius 1 is 1.28 bits per heavy atom. The molecule has 0 N–H and O–H groups in total. The Bertz CT molecular complexity index is 677. The van der Waals surface area contributed by atoms with Gasteiger partial charge in [-0.1, -0.05) is 12.1 Å². The van der Waals surface area contributed by atoms with Gasteiger partial charge in [-0.3, -0.25) is 9.59 Å². The first kappa shape index (κ1) is 16.5. The third-order valence-electron chi connectivity index (χ3n) is 5.14. The Balaban J connectivity index is 1.48. The van der Waals surface area contributed by atoms with Gasteiger partial charge in [-0.05, 0) is 30.5 Å². The van der Waals surface area contributed by atoms with Crippen molar-refractivity contribution in [3.05, 3.63) is 35.6 Å². The highest BCUT2D eigenvalue weighted by atomic mass is 19.1. The molecule has 0 saturated carbocycles. The van der Waals surface area contributed by atoms with E-state index in [0.29, 0.717) is 26.2 Å². The lowest BCUT2D eigenvalue weighted by molar-refractivity contribution is -0.153. The van der Waals surface area contributed by atoms with E-state index in [1.807, 2.05) is 0 Å². The molecule has 25 heavy (non-hydrogen) atoms. The highest BCUT2D eigenvalue weighted by Gasteiger charge is 2.45. The van der Waals surface area contributed by atoms with Crippen LogP contribution in [0.25, 0.3) is 0 Å². The van der Waals surface area contributed by atoms with Crippen molar-refractivity contribution >= 4 is 11.8 Å². The van der Waals surface area contributed by atoms with Crippen molar-refractivity contribution in [3.63, 3.8) is 0 Å². The van der Waals surface area contributed by atoms with Gasteiger partial charge in [0, 0.05) is 26.2 Å². The van der Waals surface area contributed by atoms with E-state index in [-0.39, 0.29) is 42.5 Å². The van der Waals surface area contributed by atoms with E-state index in [1.54, 1.807) is 21.9 Å². The molecule has 3 atom stereocenters. The van der Waals surface area contributed by atoms with Crippen LogP contribution >= 0.6 is 0 Å². The zero-order chi connectivity index (χ0) is 17.4. The number of morpholine rings is 1. The van der Waals surface area contributed by atoms with Crippen LogP contribution in [-0.4, -0.2) is 66.2 Å². The summed E-state index contributed by atoms with van der Waals surface area (Å²) in [7, 11) is 0. The lowest BCUT2D eigenvalue weighted by atomic mass is 10.1. The zero-order valence-corrected chi connectivity index (χ0v) is 13.9. The first-order valence-electron chi connectivity index (χ1n) is 8.68. The topological polar surface area (TPSA) is 59.1 Å². The number of amides is 2. The van der Waals surface area contributed by atoms with Crippen LogP contribution in [0.1, 0.15) is 18.4 Å². The number of likely N-dealkylation sites (tertiary alicyclic amines) is 1. The van der Waals surface area contributed by atoms with Crippen LogP contribution in [0.5, 0.6) is 0 Å². The number of halogens is 1. The molecular weight excluding hydrogens is 327 g/mol. The quantitative estimate of drug-likeness (QED) is 0.816. The average molecular weight is 348 g/mol.